The number of non-ortho nitro benzene ring substituents is 1. The number of hydrogen-bond acceptors (Lipinski definition) is 8. The Bertz CT molecular complexity index is 575. The summed E-state index contributed by atoms with van der Waals surface area (Å²) in [4.78, 5) is 10.1. The molecule has 9 heteroatoms. The van der Waals surface area contributed by atoms with Gasteiger partial charge in [0.2, 0.25) is 5.13 Å². The molecule has 0 fully saturated rings. The quantitative estimate of drug-likeness (QED) is 0.377. The molecule has 1 aromatic carbocycles. The maximum atomic E-state index is 10.6. The van der Waals surface area contributed by atoms with Crippen molar-refractivity contribution in [1.82, 2.24) is 10.2 Å². The molecule has 0 radical (unpaired) electrons. The van der Waals surface area contributed by atoms with Crippen LogP contribution in [0.15, 0.2) is 28.6 Å². The van der Waals surface area contributed by atoms with E-state index in [9.17, 15) is 10.1 Å². The van der Waals surface area contributed by atoms with Crippen molar-refractivity contribution in [1.29, 1.82) is 0 Å². The lowest BCUT2D eigenvalue weighted by atomic mass is 10.3. The van der Waals surface area contributed by atoms with E-state index in [4.69, 9.17) is 10.5 Å². The molecule has 0 spiro atoms. The van der Waals surface area contributed by atoms with Crippen LogP contribution in [0, 0.1) is 10.1 Å². The van der Waals surface area contributed by atoms with Crippen LogP contribution in [0.1, 0.15) is 0 Å². The van der Waals surface area contributed by atoms with E-state index in [1.807, 2.05) is 0 Å². The lowest BCUT2D eigenvalue weighted by Gasteiger charge is -2.04. The zero-order valence-corrected chi connectivity index (χ0v) is 11.3. The molecule has 0 aliphatic rings. The van der Waals surface area contributed by atoms with E-state index in [1.54, 1.807) is 12.1 Å². The highest BCUT2D eigenvalue weighted by Crippen LogP contribution is 2.24. The molecule has 1 aromatic heterocycles. The van der Waals surface area contributed by atoms with Gasteiger partial charge in [-0.25, -0.2) is 0 Å². The molecule has 100 valence electrons. The van der Waals surface area contributed by atoms with Crippen LogP contribution in [-0.2, 0) is 0 Å². The summed E-state index contributed by atoms with van der Waals surface area (Å²) < 4.78 is 6.20. The Morgan fingerprint density at radius 2 is 2.32 bits per heavy atom. The predicted octanol–water partition coefficient (Wildman–Crippen LogP) is 2.20. The molecule has 19 heavy (non-hydrogen) atoms. The van der Waals surface area contributed by atoms with Gasteiger partial charge in [-0.15, -0.1) is 10.2 Å². The lowest BCUT2D eigenvalue weighted by Crippen LogP contribution is -2.00. The minimum atomic E-state index is -0.453. The third kappa shape index (κ3) is 4.07. The Balaban J connectivity index is 1.79. The fourth-order valence-corrected chi connectivity index (χ4v) is 2.78. The van der Waals surface area contributed by atoms with Crippen LogP contribution in [0.5, 0.6) is 5.75 Å². The van der Waals surface area contributed by atoms with Crippen LogP contribution in [0.4, 0.5) is 10.8 Å². The number of hydrogen-bond donors (Lipinski definition) is 1. The summed E-state index contributed by atoms with van der Waals surface area (Å²) in [5.41, 5.74) is 5.47. The highest BCUT2D eigenvalue weighted by Gasteiger charge is 2.06. The van der Waals surface area contributed by atoms with Crippen LogP contribution in [0.2, 0.25) is 0 Å². The van der Waals surface area contributed by atoms with Gasteiger partial charge in [0.25, 0.3) is 5.69 Å². The maximum absolute atomic E-state index is 10.6. The van der Waals surface area contributed by atoms with Gasteiger partial charge >= 0.3 is 0 Å². The molecule has 0 atom stereocenters. The summed E-state index contributed by atoms with van der Waals surface area (Å²) >= 11 is 2.79. The van der Waals surface area contributed by atoms with Crippen molar-refractivity contribution in [3.05, 3.63) is 34.4 Å². The average molecular weight is 298 g/mol. The van der Waals surface area contributed by atoms with Crippen LogP contribution in [0.25, 0.3) is 0 Å². The third-order valence-electron chi connectivity index (χ3n) is 2.03. The second-order valence-electron chi connectivity index (χ2n) is 3.36. The summed E-state index contributed by atoms with van der Waals surface area (Å²) in [6.07, 6.45) is 0. The molecule has 0 bridgehead atoms. The number of thioether (sulfide) groups is 1. The van der Waals surface area contributed by atoms with E-state index < -0.39 is 4.92 Å². The fourth-order valence-electron chi connectivity index (χ4n) is 1.25. The molecule has 7 nitrogen and oxygen atoms in total. The van der Waals surface area contributed by atoms with Crippen molar-refractivity contribution in [3.8, 4) is 5.75 Å². The molecule has 0 saturated carbocycles. The lowest BCUT2D eigenvalue weighted by molar-refractivity contribution is -0.384. The van der Waals surface area contributed by atoms with E-state index in [1.165, 1.54) is 35.2 Å². The number of rotatable bonds is 6. The number of nitrogens with zero attached hydrogens (tertiary/aromatic N) is 3. The van der Waals surface area contributed by atoms with Gasteiger partial charge < -0.3 is 10.5 Å². The number of benzene rings is 1. The van der Waals surface area contributed by atoms with Gasteiger partial charge in [-0.3, -0.25) is 10.1 Å². The first kappa shape index (κ1) is 13.6. The van der Waals surface area contributed by atoms with Gasteiger partial charge in [-0.1, -0.05) is 29.2 Å². The molecule has 1 heterocycles. The minimum Gasteiger partial charge on any atom is -0.492 e. The number of aromatic nitrogens is 2. The second-order valence-corrected chi connectivity index (χ2v) is 5.71. The van der Waals surface area contributed by atoms with Crippen molar-refractivity contribution in [2.75, 3.05) is 18.1 Å². The van der Waals surface area contributed by atoms with Crippen LogP contribution >= 0.6 is 23.1 Å². The first-order valence-corrected chi connectivity index (χ1v) is 7.04. The number of nitro benzene ring substituents is 1. The van der Waals surface area contributed by atoms with Gasteiger partial charge in [0, 0.05) is 11.8 Å². The molecule has 2 rings (SSSR count). The predicted molar refractivity (Wildman–Crippen MR) is 73.6 cm³/mol. The highest BCUT2D eigenvalue weighted by molar-refractivity contribution is 8.01. The molecular weight excluding hydrogens is 288 g/mol. The Morgan fingerprint density at radius 3 is 3.00 bits per heavy atom. The summed E-state index contributed by atoms with van der Waals surface area (Å²) in [6.45, 7) is 0.422. The Morgan fingerprint density at radius 1 is 1.47 bits per heavy atom. The SMILES string of the molecule is Nc1nnc(SCCOc2cccc([N+](=O)[O-])c2)s1. The first-order valence-electron chi connectivity index (χ1n) is 5.24. The van der Waals surface area contributed by atoms with E-state index in [2.05, 4.69) is 10.2 Å². The van der Waals surface area contributed by atoms with Gasteiger partial charge in [-0.2, -0.15) is 0 Å². The summed E-state index contributed by atoms with van der Waals surface area (Å²) in [6, 6.07) is 6.09. The Labute approximate surface area is 116 Å². The zero-order chi connectivity index (χ0) is 13.7. The van der Waals surface area contributed by atoms with Crippen molar-refractivity contribution in [2.45, 2.75) is 4.34 Å². The summed E-state index contributed by atoms with van der Waals surface area (Å²) in [5.74, 6) is 1.14. The van der Waals surface area contributed by atoms with Crippen LogP contribution in [0.3, 0.4) is 0 Å². The standard InChI is InChI=1S/C10H10N4O3S2/c11-9-12-13-10(19-9)18-5-4-17-8-3-1-2-7(6-8)14(15)16/h1-3,6H,4-5H2,(H2,11,12). The number of anilines is 1. The maximum Gasteiger partial charge on any atom is 0.273 e. The molecular formula is C10H10N4O3S2. The van der Waals surface area contributed by atoms with Crippen molar-refractivity contribution in [3.63, 3.8) is 0 Å². The van der Waals surface area contributed by atoms with Crippen molar-refractivity contribution >= 4 is 33.9 Å². The summed E-state index contributed by atoms with van der Waals surface area (Å²) in [7, 11) is 0. The average Bonchev–Trinajstić information content (AvgIpc) is 2.81. The molecule has 0 aliphatic carbocycles. The van der Waals surface area contributed by atoms with Crippen molar-refractivity contribution in [2.24, 2.45) is 0 Å². The van der Waals surface area contributed by atoms with Gasteiger partial charge in [0.15, 0.2) is 4.34 Å². The number of nitro groups is 1. The monoisotopic (exact) mass is 298 g/mol. The first-order chi connectivity index (χ1) is 9.15. The summed E-state index contributed by atoms with van der Waals surface area (Å²) in [5, 5.41) is 18.6. The van der Waals surface area contributed by atoms with Gasteiger partial charge in [0.05, 0.1) is 17.6 Å². The van der Waals surface area contributed by atoms with Crippen molar-refractivity contribution < 1.29 is 9.66 Å². The molecule has 2 aromatic rings. The molecule has 2 N–H and O–H groups in total. The number of nitrogens with two attached hydrogens (primary N) is 1. The third-order valence-corrected chi connectivity index (χ3v) is 3.88. The number of ether oxygens (including phenoxy) is 1. The highest BCUT2D eigenvalue weighted by atomic mass is 32.2. The largest absolute Gasteiger partial charge is 0.492 e. The smallest absolute Gasteiger partial charge is 0.273 e. The van der Waals surface area contributed by atoms with E-state index in [0.29, 0.717) is 23.2 Å². The zero-order valence-electron chi connectivity index (χ0n) is 9.68. The molecule has 0 unspecified atom stereocenters. The normalized spacial score (nSPS) is 10.3. The number of nitrogen functional groups attached to an aromatic ring is 1. The molecule has 0 saturated heterocycles. The van der Waals surface area contributed by atoms with E-state index in [0.717, 1.165) is 4.34 Å². The fraction of sp³-hybridized carbons (Fsp3) is 0.200. The second kappa shape index (κ2) is 6.34. The topological polar surface area (TPSA) is 104 Å². The van der Waals surface area contributed by atoms with Gasteiger partial charge in [0.1, 0.15) is 5.75 Å². The Kier molecular flexibility index (Phi) is 4.53. The molecule has 0 amide bonds. The van der Waals surface area contributed by atoms with Crippen LogP contribution in [-0.4, -0.2) is 27.5 Å². The minimum absolute atomic E-state index is 0.0158. The van der Waals surface area contributed by atoms with E-state index >= 15 is 0 Å². The van der Waals surface area contributed by atoms with Crippen LogP contribution < -0.4 is 10.5 Å². The van der Waals surface area contributed by atoms with Gasteiger partial charge in [-0.05, 0) is 6.07 Å². The van der Waals surface area contributed by atoms with E-state index in [-0.39, 0.29) is 5.69 Å². The Hall–Kier alpha value is -1.87. The molecule has 0 aliphatic heterocycles.